The second-order valence-electron chi connectivity index (χ2n) is 4.42. The van der Waals surface area contributed by atoms with Crippen LogP contribution in [0.4, 0.5) is 5.82 Å². The van der Waals surface area contributed by atoms with Gasteiger partial charge in [-0.15, -0.1) is 0 Å². The number of aliphatic hydroxyl groups excluding tert-OH is 2. The highest BCUT2D eigenvalue weighted by Crippen LogP contribution is 2.38. The zero-order chi connectivity index (χ0) is 13.5. The maximum Gasteiger partial charge on any atom is 0.203 e. The van der Waals surface area contributed by atoms with Gasteiger partial charge in [0.05, 0.1) is 6.61 Å². The van der Waals surface area contributed by atoms with E-state index in [9.17, 15) is 10.2 Å². The van der Waals surface area contributed by atoms with Crippen LogP contribution in [-0.4, -0.2) is 49.3 Å². The quantitative estimate of drug-likeness (QED) is 0.521. The molecule has 1 saturated heterocycles. The molecule has 1 aliphatic rings. The van der Waals surface area contributed by atoms with E-state index >= 15 is 0 Å². The van der Waals surface area contributed by atoms with Gasteiger partial charge in [-0.25, -0.2) is 4.98 Å². The largest absolute Gasteiger partial charge is 0.394 e. The Kier molecular flexibility index (Phi) is 3.39. The van der Waals surface area contributed by atoms with E-state index in [0.29, 0.717) is 0 Å². The maximum atomic E-state index is 10.3. The lowest BCUT2D eigenvalue weighted by Gasteiger charge is -2.27. The van der Waals surface area contributed by atoms with Gasteiger partial charge in [0, 0.05) is 6.20 Å². The smallest absolute Gasteiger partial charge is 0.203 e. The average Bonchev–Trinajstić information content (AvgIpc) is 2.52. The van der Waals surface area contributed by atoms with E-state index in [2.05, 4.69) is 4.98 Å². The number of hydrogen-bond donors (Lipinski definition) is 4. The van der Waals surface area contributed by atoms with Crippen LogP contribution in [-0.2, 0) is 4.74 Å². The molecule has 0 amide bonds. The molecule has 7 nitrogen and oxygen atoms in total. The highest BCUT2D eigenvalue weighted by Gasteiger charge is 2.52. The fourth-order valence-electron chi connectivity index (χ4n) is 1.99. The standard InChI is InChI=1S/C10H15N3O4S/c1-10(16)7(15)5(4-14)17-8(10)13-3-2-6(11)12-9(13)18/h2-3,5,7-8,14-16H,4H2,1H3,(H2,11,12,18)/t5-,7?,8-,10-/m1/s1. The second-order valence-corrected chi connectivity index (χ2v) is 4.79. The Hall–Kier alpha value is -1.06. The number of rotatable bonds is 2. The number of hydrogen-bond acceptors (Lipinski definition) is 7. The SMILES string of the molecule is C[C@@]1(O)C(O)[C@@H](CO)O[C@H]1n1ccc(N)nc1=S. The topological polar surface area (TPSA) is 114 Å². The third-order valence-electron chi connectivity index (χ3n) is 3.04. The third kappa shape index (κ3) is 2.02. The van der Waals surface area contributed by atoms with Crippen LogP contribution in [0.2, 0.25) is 0 Å². The molecule has 18 heavy (non-hydrogen) atoms. The van der Waals surface area contributed by atoms with Crippen molar-refractivity contribution in [3.8, 4) is 0 Å². The molecule has 8 heteroatoms. The Morgan fingerprint density at radius 3 is 2.83 bits per heavy atom. The van der Waals surface area contributed by atoms with Crippen LogP contribution in [0.5, 0.6) is 0 Å². The van der Waals surface area contributed by atoms with Crippen molar-refractivity contribution < 1.29 is 20.1 Å². The number of nitrogens with two attached hydrogens (primary N) is 1. The van der Waals surface area contributed by atoms with Gasteiger partial charge in [0.25, 0.3) is 0 Å². The Balaban J connectivity index is 2.42. The van der Waals surface area contributed by atoms with E-state index < -0.39 is 30.6 Å². The van der Waals surface area contributed by atoms with E-state index in [0.717, 1.165) is 0 Å². The summed E-state index contributed by atoms with van der Waals surface area (Å²) in [4.78, 5) is 3.88. The lowest BCUT2D eigenvalue weighted by molar-refractivity contribution is -0.0978. The van der Waals surface area contributed by atoms with Crippen LogP contribution in [0.3, 0.4) is 0 Å². The van der Waals surface area contributed by atoms with Crippen LogP contribution in [0.25, 0.3) is 0 Å². The number of ether oxygens (including phenoxy) is 1. The Bertz CT molecular complexity index is 504. The minimum Gasteiger partial charge on any atom is -0.394 e. The lowest BCUT2D eigenvalue weighted by Crippen LogP contribution is -2.44. The molecular formula is C10H15N3O4S. The molecule has 0 bridgehead atoms. The number of anilines is 1. The zero-order valence-electron chi connectivity index (χ0n) is 9.72. The van der Waals surface area contributed by atoms with Gasteiger partial charge >= 0.3 is 0 Å². The summed E-state index contributed by atoms with van der Waals surface area (Å²) in [5.74, 6) is 0.258. The van der Waals surface area contributed by atoms with Gasteiger partial charge in [-0.05, 0) is 25.2 Å². The Labute approximate surface area is 108 Å². The van der Waals surface area contributed by atoms with Crippen molar-refractivity contribution in [2.24, 2.45) is 0 Å². The molecule has 0 radical (unpaired) electrons. The molecule has 1 aliphatic heterocycles. The molecule has 1 unspecified atom stereocenters. The third-order valence-corrected chi connectivity index (χ3v) is 3.34. The summed E-state index contributed by atoms with van der Waals surface area (Å²) in [7, 11) is 0. The fraction of sp³-hybridized carbons (Fsp3) is 0.600. The van der Waals surface area contributed by atoms with Crippen molar-refractivity contribution in [2.75, 3.05) is 12.3 Å². The molecule has 100 valence electrons. The Morgan fingerprint density at radius 1 is 1.67 bits per heavy atom. The minimum absolute atomic E-state index is 0.131. The first-order valence-electron chi connectivity index (χ1n) is 5.39. The highest BCUT2D eigenvalue weighted by molar-refractivity contribution is 7.71. The molecule has 2 rings (SSSR count). The molecule has 0 aromatic carbocycles. The van der Waals surface area contributed by atoms with Gasteiger partial charge in [0.15, 0.2) is 6.23 Å². The van der Waals surface area contributed by atoms with Crippen molar-refractivity contribution >= 4 is 18.0 Å². The van der Waals surface area contributed by atoms with E-state index in [1.807, 2.05) is 0 Å². The van der Waals surface area contributed by atoms with Crippen molar-refractivity contribution in [1.29, 1.82) is 0 Å². The maximum absolute atomic E-state index is 10.3. The van der Waals surface area contributed by atoms with Crippen molar-refractivity contribution in [3.63, 3.8) is 0 Å². The van der Waals surface area contributed by atoms with Gasteiger partial charge in [-0.2, -0.15) is 0 Å². The molecule has 1 fully saturated rings. The van der Waals surface area contributed by atoms with Crippen LogP contribution in [0, 0.1) is 4.77 Å². The molecule has 5 N–H and O–H groups in total. The fourth-order valence-corrected chi connectivity index (χ4v) is 2.26. The van der Waals surface area contributed by atoms with Crippen LogP contribution in [0.1, 0.15) is 13.2 Å². The van der Waals surface area contributed by atoms with Crippen LogP contribution >= 0.6 is 12.2 Å². The van der Waals surface area contributed by atoms with Gasteiger partial charge in [-0.1, -0.05) is 0 Å². The summed E-state index contributed by atoms with van der Waals surface area (Å²) < 4.78 is 6.93. The highest BCUT2D eigenvalue weighted by atomic mass is 32.1. The molecular weight excluding hydrogens is 258 g/mol. The molecule has 0 saturated carbocycles. The van der Waals surface area contributed by atoms with E-state index in [4.69, 9.17) is 27.8 Å². The number of aromatic nitrogens is 2. The molecule has 1 aromatic rings. The lowest BCUT2D eigenvalue weighted by atomic mass is 9.96. The second kappa shape index (κ2) is 4.56. The van der Waals surface area contributed by atoms with Gasteiger partial charge in [0.2, 0.25) is 4.77 Å². The monoisotopic (exact) mass is 273 g/mol. The predicted molar refractivity (Wildman–Crippen MR) is 65.1 cm³/mol. The Morgan fingerprint density at radius 2 is 2.33 bits per heavy atom. The summed E-state index contributed by atoms with van der Waals surface area (Å²) >= 11 is 5.03. The first kappa shape index (κ1) is 13.4. The van der Waals surface area contributed by atoms with Crippen LogP contribution in [0.15, 0.2) is 12.3 Å². The summed E-state index contributed by atoms with van der Waals surface area (Å²) in [6, 6.07) is 1.51. The average molecular weight is 273 g/mol. The normalized spacial score (nSPS) is 35.9. The first-order chi connectivity index (χ1) is 8.37. The summed E-state index contributed by atoms with van der Waals surface area (Å²) in [6.07, 6.45) is -1.49. The molecule has 0 aliphatic carbocycles. The predicted octanol–water partition coefficient (Wildman–Crippen LogP) is -0.804. The molecule has 2 heterocycles. The first-order valence-corrected chi connectivity index (χ1v) is 5.80. The molecule has 0 spiro atoms. The van der Waals surface area contributed by atoms with Gasteiger partial charge in [0.1, 0.15) is 23.6 Å². The van der Waals surface area contributed by atoms with Crippen molar-refractivity contribution in [3.05, 3.63) is 17.0 Å². The molecule has 1 aromatic heterocycles. The number of nitrogens with zero attached hydrogens (tertiary/aromatic N) is 2. The summed E-state index contributed by atoms with van der Waals surface area (Å²) in [5.41, 5.74) is 3.91. The number of aliphatic hydroxyl groups is 3. The van der Waals surface area contributed by atoms with Gasteiger partial charge in [-0.3, -0.25) is 4.57 Å². The van der Waals surface area contributed by atoms with Crippen molar-refractivity contribution in [2.45, 2.75) is 31.0 Å². The molecule has 4 atom stereocenters. The number of nitrogen functional groups attached to an aromatic ring is 1. The minimum atomic E-state index is -1.58. The zero-order valence-corrected chi connectivity index (χ0v) is 10.5. The summed E-state index contributed by atoms with van der Waals surface area (Å²) in [5, 5.41) is 29.2. The van der Waals surface area contributed by atoms with Crippen molar-refractivity contribution in [1.82, 2.24) is 9.55 Å². The van der Waals surface area contributed by atoms with Gasteiger partial charge < -0.3 is 25.8 Å². The van der Waals surface area contributed by atoms with E-state index in [1.54, 1.807) is 0 Å². The van der Waals surface area contributed by atoms with Crippen LogP contribution < -0.4 is 5.73 Å². The van der Waals surface area contributed by atoms with E-state index in [-0.39, 0.29) is 10.6 Å². The summed E-state index contributed by atoms with van der Waals surface area (Å²) in [6.45, 7) is 1.01. The van der Waals surface area contributed by atoms with E-state index in [1.165, 1.54) is 23.8 Å².